The summed E-state index contributed by atoms with van der Waals surface area (Å²) in [5, 5.41) is 16.2. The molecule has 0 unspecified atom stereocenters. The van der Waals surface area contributed by atoms with Crippen molar-refractivity contribution in [2.24, 2.45) is 0 Å². The second kappa shape index (κ2) is 8.16. The molecule has 2 N–H and O–H groups in total. The van der Waals surface area contributed by atoms with Crippen LogP contribution in [0.15, 0.2) is 43.0 Å². The monoisotopic (exact) mass is 194 g/mol. The second-order valence-electron chi connectivity index (χ2n) is 2.42. The molecule has 0 fully saturated rings. The maximum atomic E-state index is 10.8. The van der Waals surface area contributed by atoms with Crippen LogP contribution in [0.3, 0.4) is 0 Å². The van der Waals surface area contributed by atoms with Gasteiger partial charge in [0, 0.05) is 5.56 Å². The number of Topliss-reactive ketones (excluding diaryl/α,β-unsaturated/α-hetero) is 1. The fourth-order valence-electron chi connectivity index (χ4n) is 0.715. The number of carbonyl (C=O) groups is 1. The minimum Gasteiger partial charge on any atom is -0.392 e. The second-order valence-corrected chi connectivity index (χ2v) is 2.42. The van der Waals surface area contributed by atoms with Crippen LogP contribution in [0.4, 0.5) is 0 Å². The summed E-state index contributed by atoms with van der Waals surface area (Å²) in [4.78, 5) is 10.8. The fraction of sp³-hybridized carbons (Fsp3) is 0.182. The lowest BCUT2D eigenvalue weighted by molar-refractivity contribution is 0.0904. The van der Waals surface area contributed by atoms with Gasteiger partial charge in [0.1, 0.15) is 6.61 Å². The van der Waals surface area contributed by atoms with Crippen molar-refractivity contribution in [3.05, 3.63) is 48.6 Å². The van der Waals surface area contributed by atoms with Gasteiger partial charge in [-0.25, -0.2) is 0 Å². The third kappa shape index (κ3) is 5.24. The van der Waals surface area contributed by atoms with E-state index >= 15 is 0 Å². The highest BCUT2D eigenvalue weighted by molar-refractivity contribution is 5.96. The lowest BCUT2D eigenvalue weighted by Gasteiger charge is -1.93. The molecule has 0 bridgehead atoms. The third-order valence-corrected chi connectivity index (χ3v) is 1.37. The van der Waals surface area contributed by atoms with E-state index in [1.54, 1.807) is 24.3 Å². The Hall–Kier alpha value is -1.45. The number of hydrogen-bond donors (Lipinski definition) is 2. The molecule has 0 aliphatic heterocycles. The first kappa shape index (κ1) is 12.6. The Morgan fingerprint density at radius 3 is 2.14 bits per heavy atom. The van der Waals surface area contributed by atoms with E-state index in [2.05, 4.69) is 6.58 Å². The van der Waals surface area contributed by atoms with Crippen molar-refractivity contribution in [2.75, 3.05) is 13.2 Å². The van der Waals surface area contributed by atoms with Crippen LogP contribution >= 0.6 is 0 Å². The Balaban J connectivity index is 0.000000364. The average Bonchev–Trinajstić information content (AvgIpc) is 2.29. The molecule has 14 heavy (non-hydrogen) atoms. The molecule has 76 valence electrons. The van der Waals surface area contributed by atoms with Crippen LogP contribution in [0.1, 0.15) is 10.4 Å². The Kier molecular flexibility index (Phi) is 7.32. The zero-order valence-corrected chi connectivity index (χ0v) is 7.89. The van der Waals surface area contributed by atoms with Crippen LogP contribution in [0.25, 0.3) is 0 Å². The van der Waals surface area contributed by atoms with Gasteiger partial charge in [-0.15, -0.1) is 6.58 Å². The van der Waals surface area contributed by atoms with E-state index in [4.69, 9.17) is 10.2 Å². The predicted molar refractivity (Wildman–Crippen MR) is 55.1 cm³/mol. The molecule has 0 aliphatic rings. The number of aliphatic hydroxyl groups is 2. The van der Waals surface area contributed by atoms with Crippen molar-refractivity contribution >= 4 is 5.78 Å². The Labute approximate surface area is 83.3 Å². The van der Waals surface area contributed by atoms with Gasteiger partial charge in [-0.05, 0) is 0 Å². The molecule has 0 aromatic heterocycles. The molecule has 0 radical (unpaired) electrons. The highest BCUT2D eigenvalue weighted by atomic mass is 16.3. The quantitative estimate of drug-likeness (QED) is 0.558. The van der Waals surface area contributed by atoms with Crippen molar-refractivity contribution in [1.82, 2.24) is 0 Å². The van der Waals surface area contributed by atoms with Gasteiger partial charge in [0.2, 0.25) is 0 Å². The van der Waals surface area contributed by atoms with Crippen molar-refractivity contribution < 1.29 is 15.0 Å². The summed E-state index contributed by atoms with van der Waals surface area (Å²) >= 11 is 0. The van der Waals surface area contributed by atoms with E-state index in [-0.39, 0.29) is 12.4 Å². The molecule has 3 nitrogen and oxygen atoms in total. The van der Waals surface area contributed by atoms with Gasteiger partial charge in [0.05, 0.1) is 6.61 Å². The van der Waals surface area contributed by atoms with Gasteiger partial charge < -0.3 is 10.2 Å². The van der Waals surface area contributed by atoms with Gasteiger partial charge >= 0.3 is 0 Å². The minimum atomic E-state index is -0.413. The molecule has 3 heteroatoms. The molecular formula is C11H14O3. The molecule has 0 aliphatic carbocycles. The smallest absolute Gasteiger partial charge is 0.188 e. The lowest BCUT2D eigenvalue weighted by atomic mass is 10.1. The van der Waals surface area contributed by atoms with E-state index in [0.717, 1.165) is 0 Å². The number of hydrogen-bond acceptors (Lipinski definition) is 3. The van der Waals surface area contributed by atoms with Gasteiger partial charge in [0.15, 0.2) is 5.78 Å². The maximum Gasteiger partial charge on any atom is 0.188 e. The van der Waals surface area contributed by atoms with E-state index in [9.17, 15) is 4.79 Å². The van der Waals surface area contributed by atoms with Gasteiger partial charge in [-0.1, -0.05) is 36.4 Å². The zero-order valence-electron chi connectivity index (χ0n) is 7.89. The summed E-state index contributed by atoms with van der Waals surface area (Å²) in [5.41, 5.74) is 0.560. The number of carbonyl (C=O) groups excluding carboxylic acids is 1. The van der Waals surface area contributed by atoms with Crippen LogP contribution in [0.2, 0.25) is 0 Å². The Morgan fingerprint density at radius 2 is 1.79 bits per heavy atom. The fourth-order valence-corrected chi connectivity index (χ4v) is 0.715. The maximum absolute atomic E-state index is 10.8. The molecular weight excluding hydrogens is 180 g/mol. The summed E-state index contributed by atoms with van der Waals surface area (Å²) in [7, 11) is 0. The van der Waals surface area contributed by atoms with Crippen LogP contribution < -0.4 is 0 Å². The van der Waals surface area contributed by atoms with E-state index in [0.29, 0.717) is 5.56 Å². The number of rotatable bonds is 3. The first-order valence-corrected chi connectivity index (χ1v) is 4.17. The molecule has 0 amide bonds. The molecule has 1 aromatic carbocycles. The summed E-state index contributed by atoms with van der Waals surface area (Å²) in [6, 6.07) is 8.72. The average molecular weight is 194 g/mol. The van der Waals surface area contributed by atoms with Gasteiger partial charge in [0.25, 0.3) is 0 Å². The van der Waals surface area contributed by atoms with E-state index in [1.807, 2.05) is 6.07 Å². The summed E-state index contributed by atoms with van der Waals surface area (Å²) in [5.74, 6) is -0.236. The molecule has 0 atom stereocenters. The Morgan fingerprint density at radius 1 is 1.29 bits per heavy atom. The summed E-state index contributed by atoms with van der Waals surface area (Å²) < 4.78 is 0. The van der Waals surface area contributed by atoms with Crippen molar-refractivity contribution in [3.63, 3.8) is 0 Å². The normalized spacial score (nSPS) is 8.43. The van der Waals surface area contributed by atoms with Crippen molar-refractivity contribution in [1.29, 1.82) is 0 Å². The topological polar surface area (TPSA) is 57.5 Å². The van der Waals surface area contributed by atoms with Gasteiger partial charge in [-0.3, -0.25) is 4.79 Å². The first-order valence-electron chi connectivity index (χ1n) is 4.17. The first-order chi connectivity index (χ1) is 6.76. The molecule has 0 heterocycles. The summed E-state index contributed by atoms with van der Waals surface area (Å²) in [6.07, 6.45) is 1.43. The highest BCUT2D eigenvalue weighted by Gasteiger charge is 1.99. The Bertz CT molecular complexity index is 267. The van der Waals surface area contributed by atoms with E-state index in [1.165, 1.54) is 6.08 Å². The van der Waals surface area contributed by atoms with Crippen LogP contribution in [-0.4, -0.2) is 29.2 Å². The highest BCUT2D eigenvalue weighted by Crippen LogP contribution is 1.97. The number of aliphatic hydroxyl groups excluding tert-OH is 2. The van der Waals surface area contributed by atoms with Crippen LogP contribution in [0.5, 0.6) is 0 Å². The largest absolute Gasteiger partial charge is 0.392 e. The molecule has 0 saturated carbocycles. The minimum absolute atomic E-state index is 0.0833. The predicted octanol–water partition coefficient (Wildman–Crippen LogP) is 1.03. The van der Waals surface area contributed by atoms with Crippen LogP contribution in [0, 0.1) is 0 Å². The zero-order chi connectivity index (χ0) is 10.8. The number of ketones is 1. The SMILES string of the molecule is C=CCO.O=C(CO)c1ccccc1. The van der Waals surface area contributed by atoms with Crippen molar-refractivity contribution in [2.45, 2.75) is 0 Å². The molecule has 0 saturated heterocycles. The standard InChI is InChI=1S/C8H8O2.C3H6O/c9-6-8(10)7-4-2-1-3-5-7;1-2-3-4/h1-5,9H,6H2;2,4H,1,3H2. The lowest BCUT2D eigenvalue weighted by Crippen LogP contribution is -2.02. The molecule has 1 aromatic rings. The summed E-state index contributed by atoms with van der Waals surface area (Å²) in [6.45, 7) is 2.90. The number of benzene rings is 1. The van der Waals surface area contributed by atoms with Crippen LogP contribution in [-0.2, 0) is 0 Å². The van der Waals surface area contributed by atoms with Crippen molar-refractivity contribution in [3.8, 4) is 0 Å². The van der Waals surface area contributed by atoms with E-state index < -0.39 is 6.61 Å². The van der Waals surface area contributed by atoms with Gasteiger partial charge in [-0.2, -0.15) is 0 Å². The third-order valence-electron chi connectivity index (χ3n) is 1.37. The molecule has 0 spiro atoms. The molecule has 1 rings (SSSR count).